The van der Waals surface area contributed by atoms with E-state index in [0.717, 1.165) is 97.5 Å². The Bertz CT molecular complexity index is 5690. The molecule has 0 radical (unpaired) electrons. The van der Waals surface area contributed by atoms with Crippen molar-refractivity contribution >= 4 is 35.6 Å². The van der Waals surface area contributed by atoms with Crippen molar-refractivity contribution in [2.75, 3.05) is 0 Å². The van der Waals surface area contributed by atoms with Crippen LogP contribution in [0.2, 0.25) is 0 Å². The van der Waals surface area contributed by atoms with E-state index in [-0.39, 0.29) is 141 Å². The van der Waals surface area contributed by atoms with Crippen LogP contribution in [0.5, 0.6) is 0 Å². The van der Waals surface area contributed by atoms with Crippen molar-refractivity contribution in [3.05, 3.63) is 330 Å². The smallest absolute Gasteiger partial charge is 0.582 e. The second-order valence-electron chi connectivity index (χ2n) is 27.5. The summed E-state index contributed by atoms with van der Waals surface area (Å²) in [4.78, 5) is 38.6. The number of fused-ring (bicyclic) bond motifs is 6. The quantitative estimate of drug-likeness (QED) is 0.145. The molecule has 2 bridgehead atoms. The Morgan fingerprint density at radius 2 is 0.756 bits per heavy atom. The molecule has 1 saturated carbocycles. The van der Waals surface area contributed by atoms with Gasteiger partial charge in [0.15, 0.2) is 0 Å². The predicted molar refractivity (Wildman–Crippen MR) is 458 cm³/mol. The summed E-state index contributed by atoms with van der Waals surface area (Å²) in [6.07, 6.45) is 11.6. The summed E-state index contributed by atoms with van der Waals surface area (Å²) in [6.45, 7) is 20.6. The molecule has 131 heavy (non-hydrogen) atoms. The second-order valence-corrected chi connectivity index (χ2v) is 30.8. The number of alkyl halides is 6. The van der Waals surface area contributed by atoms with Crippen LogP contribution in [0.3, 0.4) is 0 Å². The van der Waals surface area contributed by atoms with E-state index >= 15 is 0 Å². The van der Waals surface area contributed by atoms with E-state index in [0.29, 0.717) is 17.3 Å². The summed E-state index contributed by atoms with van der Waals surface area (Å²) >= 11 is -0.472. The molecule has 2 unspecified atom stereocenters. The number of aryl methyl sites for hydroxylation is 7. The number of aromatic nitrogens is 27. The first-order chi connectivity index (χ1) is 60.1. The largest absolute Gasteiger partial charge is 2.00 e. The Balaban J connectivity index is 0.000000377. The number of carbonyl (C=O) groups is 1. The van der Waals surface area contributed by atoms with Crippen molar-refractivity contribution in [2.24, 2.45) is 5.41 Å². The number of carboxylic acids is 1. The molecule has 700 valence electrons. The Labute approximate surface area is 840 Å². The fraction of sp³-hybridized carbons (Fsp3) is 0.205. The van der Waals surface area contributed by atoms with E-state index in [1.807, 2.05) is 140 Å². The van der Waals surface area contributed by atoms with Crippen LogP contribution in [0.15, 0.2) is 262 Å². The SMILES string of the molecule is C.CC12CCC(c3c1n[n-]c3-c1nccc3ccccc13)C2(C)C.Cc1cc(-c2ccccn2)[n-]n1.Cc1cc(-c2ccccn2)[n-]n1.Cc1cc(-c2ccccn2)[n-]n1.Cc1cc(C)[n-]n1.Cc1cc(C)[n-]n1.FC(F)(F)c1cc(-c2ccccn2)[n-]n1.FC(F)(F)c1cc(-c2ccccn2)[n-]n1.O=C(O)c1ccccn1.[Cl][Pt][Cl].[Pt+2].[Pt+2].[Pt+2].[Pt+2].[Pt].c1cn[n-]c1.c1cn[n-]c1. The van der Waals surface area contributed by atoms with Gasteiger partial charge in [-0.1, -0.05) is 179 Å². The van der Waals surface area contributed by atoms with Gasteiger partial charge < -0.3 is 107 Å². The number of halogens is 8. The van der Waals surface area contributed by atoms with E-state index in [4.69, 9.17) is 23.9 Å². The van der Waals surface area contributed by atoms with Crippen molar-refractivity contribution in [1.29, 1.82) is 0 Å². The van der Waals surface area contributed by atoms with Gasteiger partial charge in [-0.2, -0.15) is 38.7 Å². The van der Waals surface area contributed by atoms with Gasteiger partial charge in [0.2, 0.25) is 0 Å². The number of hydrogen-bond donors (Lipinski definition) is 1. The van der Waals surface area contributed by atoms with Crippen molar-refractivity contribution in [1.82, 2.24) is 137 Å². The number of carboxylic acid groups (broad SMARTS) is 1. The molecular formula is C88H83Cl2F6N27O2Pt6-2. The Morgan fingerprint density at radius 1 is 0.412 bits per heavy atom. The molecule has 1 fully saturated rings. The molecular weight excluding hydrogens is 2820 g/mol. The third-order valence-electron chi connectivity index (χ3n) is 18.2. The minimum Gasteiger partial charge on any atom is -0.582 e. The summed E-state index contributed by atoms with van der Waals surface area (Å²) in [5.41, 5.74) is 16.0. The first-order valence-corrected chi connectivity index (χ1v) is 43.3. The molecule has 29 nitrogen and oxygen atoms in total. The van der Waals surface area contributed by atoms with Crippen molar-refractivity contribution in [3.63, 3.8) is 0 Å². The van der Waals surface area contributed by atoms with Crippen molar-refractivity contribution < 1.29 is 158 Å². The summed E-state index contributed by atoms with van der Waals surface area (Å²) in [5, 5.41) is 85.5. The molecule has 1 N–H and O–H groups in total. The maximum absolute atomic E-state index is 12.2. The van der Waals surface area contributed by atoms with Gasteiger partial charge in [-0.3, -0.25) is 29.9 Å². The molecule has 2 atom stereocenters. The standard InChI is InChI=1S/C20H20N3.2C9H5F3N3.3C9H8N3.C6H5NO2.2C5H7N2.2C3H3N2.CH4.2ClH.6Pt/c1-19(2)14-8-10-20(19,3)18-15(14)17(22-23-18)16-13-7-5-4-6-12(13)9-11-21-16;2*10-9(11,12)8-5-7(14-15-8)6-3-1-2-4-13-6;3*1-7-6-9(12-11-7)8-4-2-3-5-10-8;8-6(9)5-3-1-2-4-7-5;2*1-4-3-5(2)7-6-4;2*1-2-4-5-3-1;;;;;;;;;/h4-7,9,11,14H,8,10H2,1-3H3;2*1-5H;3*2-6H,1H3;1-4H,(H,8,9);2*3H,1-2H3;2*1-3H;1H4;2*1H;;;;;;/q6*-1;;4*-1;;;;;5*+2/p-2. The molecule has 0 saturated heterocycles. The molecule has 0 amide bonds. The minimum absolute atomic E-state index is 0. The minimum atomic E-state index is -4.46. The van der Waals surface area contributed by atoms with E-state index in [1.54, 1.807) is 104 Å². The van der Waals surface area contributed by atoms with Crippen LogP contribution in [0.25, 0.3) is 79.1 Å². The fourth-order valence-electron chi connectivity index (χ4n) is 12.1. The molecule has 17 aromatic heterocycles. The monoisotopic (exact) mass is 2900 g/mol. The third-order valence-corrected chi connectivity index (χ3v) is 18.2. The van der Waals surface area contributed by atoms with Gasteiger partial charge in [0.05, 0.1) is 5.69 Å². The average Bonchev–Trinajstić information content (AvgIpc) is 1.52. The number of nitrogens with zero attached hydrogens (tertiary/aromatic N) is 27. The number of aromatic carboxylic acids is 1. The molecule has 2 aliphatic carbocycles. The van der Waals surface area contributed by atoms with Gasteiger partial charge in [-0.15, -0.1) is 11.4 Å². The molecule has 43 heteroatoms. The Hall–Kier alpha value is -10.6. The third kappa shape index (κ3) is 35.5. The first-order valence-electron chi connectivity index (χ1n) is 37.7. The van der Waals surface area contributed by atoms with Crippen LogP contribution >= 0.6 is 18.8 Å². The van der Waals surface area contributed by atoms with E-state index in [9.17, 15) is 31.1 Å². The summed E-state index contributed by atoms with van der Waals surface area (Å²) in [5.74, 6) is -0.441. The molecule has 18 aromatic rings. The van der Waals surface area contributed by atoms with E-state index in [2.05, 4.69) is 188 Å². The molecule has 1 aromatic carbocycles. The van der Waals surface area contributed by atoms with Gasteiger partial charge >= 0.3 is 138 Å². The van der Waals surface area contributed by atoms with Crippen LogP contribution < -0.4 is 51.0 Å². The maximum Gasteiger partial charge on any atom is 2.00 e. The van der Waals surface area contributed by atoms with Gasteiger partial charge in [0, 0.05) is 150 Å². The summed E-state index contributed by atoms with van der Waals surface area (Å²) < 4.78 is 73.2. The van der Waals surface area contributed by atoms with Gasteiger partial charge in [-0.05, 0) is 161 Å². The van der Waals surface area contributed by atoms with E-state index in [1.165, 1.54) is 59.5 Å². The Morgan fingerprint density at radius 3 is 1.02 bits per heavy atom. The number of pyridine rings is 7. The van der Waals surface area contributed by atoms with Gasteiger partial charge in [0.25, 0.3) is 0 Å². The Kier molecular flexibility index (Phi) is 50.4. The number of hydrogen-bond acceptors (Lipinski definition) is 18. The van der Waals surface area contributed by atoms with Crippen LogP contribution in [-0.4, -0.2) is 97.0 Å². The summed E-state index contributed by atoms with van der Waals surface area (Å²) in [6, 6.07) is 57.2. The molecule has 0 spiro atoms. The fourth-order valence-corrected chi connectivity index (χ4v) is 12.1. The topological polar surface area (TPSA) is 397 Å². The number of benzene rings is 1. The van der Waals surface area contributed by atoms with Crippen LogP contribution in [-0.2, 0) is 140 Å². The van der Waals surface area contributed by atoms with Crippen LogP contribution in [0.4, 0.5) is 26.3 Å². The van der Waals surface area contributed by atoms with Gasteiger partial charge in [0.1, 0.15) is 17.1 Å². The zero-order valence-electron chi connectivity index (χ0n) is 70.2. The zero-order valence-corrected chi connectivity index (χ0v) is 85.3. The van der Waals surface area contributed by atoms with E-state index < -0.39 is 46.2 Å². The van der Waals surface area contributed by atoms with Gasteiger partial charge in [-0.25, -0.2) is 9.78 Å². The first kappa shape index (κ1) is 115. The van der Waals surface area contributed by atoms with Crippen molar-refractivity contribution in [2.45, 2.75) is 113 Å². The summed E-state index contributed by atoms with van der Waals surface area (Å²) in [7, 11) is 9.75. The van der Waals surface area contributed by atoms with Crippen molar-refractivity contribution in [3.8, 4) is 68.3 Å². The van der Waals surface area contributed by atoms with Crippen LogP contribution in [0.1, 0.15) is 120 Å². The molecule has 2 aliphatic rings. The predicted octanol–water partition coefficient (Wildman–Crippen LogP) is 17.1. The normalized spacial score (nSPS) is 12.7. The zero-order chi connectivity index (χ0) is 89.8. The molecule has 0 aliphatic heterocycles. The second kappa shape index (κ2) is 57.6. The molecule has 20 rings (SSSR count). The average molecular weight is 2910 g/mol. The van der Waals surface area contributed by atoms with Crippen LogP contribution in [0, 0.1) is 53.9 Å². The maximum atomic E-state index is 12.2. The number of rotatable bonds is 7. The molecule has 17 heterocycles.